The van der Waals surface area contributed by atoms with Crippen molar-refractivity contribution >= 4 is 38.9 Å². The third-order valence-electron chi connectivity index (χ3n) is 4.48. The van der Waals surface area contributed by atoms with Crippen molar-refractivity contribution in [3.8, 4) is 0 Å². The highest BCUT2D eigenvalue weighted by Crippen LogP contribution is 2.25. The molecule has 1 N–H and O–H groups in total. The molecule has 0 radical (unpaired) electrons. The fourth-order valence-electron chi connectivity index (χ4n) is 3.06. The summed E-state index contributed by atoms with van der Waals surface area (Å²) in [7, 11) is 2.05. The van der Waals surface area contributed by atoms with Crippen LogP contribution in [-0.2, 0) is 6.54 Å². The number of hydrogen-bond donors (Lipinski definition) is 1. The Morgan fingerprint density at radius 3 is 2.91 bits per heavy atom. The molecule has 1 fully saturated rings. The number of thiazole rings is 1. The zero-order valence-corrected chi connectivity index (χ0v) is 14.8. The van der Waals surface area contributed by atoms with Crippen LogP contribution >= 0.6 is 23.6 Å². The smallest absolute Gasteiger partial charge is 0.169 e. The van der Waals surface area contributed by atoms with Gasteiger partial charge in [-0.3, -0.25) is 0 Å². The van der Waals surface area contributed by atoms with Crippen molar-refractivity contribution in [1.29, 1.82) is 0 Å². The average molecular weight is 334 g/mol. The predicted octanol–water partition coefficient (Wildman–Crippen LogP) is 4.18. The molecular weight excluding hydrogens is 310 g/mol. The highest BCUT2D eigenvalue weighted by molar-refractivity contribution is 7.80. The highest BCUT2D eigenvalue weighted by atomic mass is 32.1. The summed E-state index contributed by atoms with van der Waals surface area (Å²) in [4.78, 5) is 6.79. The summed E-state index contributed by atoms with van der Waals surface area (Å²) in [6.07, 6.45) is 5.21. The molecule has 1 saturated carbocycles. The lowest BCUT2D eigenvalue weighted by atomic mass is 9.86. The Morgan fingerprint density at radius 1 is 1.36 bits per heavy atom. The predicted molar refractivity (Wildman–Crippen MR) is 98.2 cm³/mol. The molecule has 1 aliphatic rings. The van der Waals surface area contributed by atoms with Crippen LogP contribution in [0, 0.1) is 5.92 Å². The van der Waals surface area contributed by atoms with Crippen LogP contribution in [0.5, 0.6) is 0 Å². The summed E-state index contributed by atoms with van der Waals surface area (Å²) in [5.74, 6) is 0.711. The molecule has 2 aromatic rings. The number of thiocarbonyl (C=S) groups is 1. The maximum Gasteiger partial charge on any atom is 0.169 e. The molecule has 1 aromatic carbocycles. The van der Waals surface area contributed by atoms with Crippen molar-refractivity contribution in [2.45, 2.75) is 45.2 Å². The van der Waals surface area contributed by atoms with Gasteiger partial charge in [-0.25, -0.2) is 4.98 Å². The molecule has 1 heterocycles. The van der Waals surface area contributed by atoms with Gasteiger partial charge in [0.1, 0.15) is 5.01 Å². The summed E-state index contributed by atoms with van der Waals surface area (Å²) in [5, 5.41) is 5.52. The number of nitrogens with zero attached hydrogens (tertiary/aromatic N) is 2. The van der Waals surface area contributed by atoms with E-state index in [1.54, 1.807) is 11.3 Å². The fourth-order valence-corrected chi connectivity index (χ4v) is 4.30. The molecule has 118 valence electrons. The maximum atomic E-state index is 5.58. The molecule has 2 atom stereocenters. The van der Waals surface area contributed by atoms with Gasteiger partial charge in [-0.15, -0.1) is 11.3 Å². The van der Waals surface area contributed by atoms with Crippen molar-refractivity contribution in [1.82, 2.24) is 15.2 Å². The molecule has 1 aromatic heterocycles. The normalized spacial score (nSPS) is 21.7. The van der Waals surface area contributed by atoms with E-state index in [-0.39, 0.29) is 0 Å². The van der Waals surface area contributed by atoms with Crippen molar-refractivity contribution in [2.24, 2.45) is 5.92 Å². The summed E-state index contributed by atoms with van der Waals surface area (Å²) in [6.45, 7) is 3.10. The van der Waals surface area contributed by atoms with E-state index in [0.717, 1.165) is 22.2 Å². The zero-order chi connectivity index (χ0) is 15.5. The molecule has 0 bridgehead atoms. The van der Waals surface area contributed by atoms with Gasteiger partial charge in [0.2, 0.25) is 0 Å². The van der Waals surface area contributed by atoms with Gasteiger partial charge in [0.25, 0.3) is 0 Å². The Labute approximate surface area is 141 Å². The Balaban J connectivity index is 1.60. The molecule has 3 nitrogen and oxygen atoms in total. The first-order valence-electron chi connectivity index (χ1n) is 7.99. The SMILES string of the molecule is C[C@H]1CCCC[C@H]1NC(=S)N(C)Cc1nc2ccccc2s1. The third kappa shape index (κ3) is 3.58. The number of para-hydroxylation sites is 1. The second-order valence-corrected chi connectivity index (χ2v) is 7.75. The van der Waals surface area contributed by atoms with Crippen LogP contribution in [0.1, 0.15) is 37.6 Å². The zero-order valence-electron chi connectivity index (χ0n) is 13.2. The van der Waals surface area contributed by atoms with Gasteiger partial charge in [0.05, 0.1) is 16.8 Å². The molecule has 5 heteroatoms. The molecule has 0 unspecified atom stereocenters. The summed E-state index contributed by atoms with van der Waals surface area (Å²) < 4.78 is 1.24. The number of hydrogen-bond acceptors (Lipinski definition) is 3. The van der Waals surface area contributed by atoms with Crippen LogP contribution in [0.25, 0.3) is 10.2 Å². The third-order valence-corrected chi connectivity index (χ3v) is 5.93. The number of aromatic nitrogens is 1. The fraction of sp³-hybridized carbons (Fsp3) is 0.529. The van der Waals surface area contributed by atoms with Gasteiger partial charge in [0.15, 0.2) is 5.11 Å². The quantitative estimate of drug-likeness (QED) is 0.853. The highest BCUT2D eigenvalue weighted by Gasteiger charge is 2.22. The molecule has 0 amide bonds. The number of rotatable bonds is 3. The van der Waals surface area contributed by atoms with E-state index in [1.807, 2.05) is 6.07 Å². The molecule has 0 aliphatic heterocycles. The summed E-state index contributed by atoms with van der Waals surface area (Å²) >= 11 is 7.33. The second kappa shape index (κ2) is 6.92. The molecule has 22 heavy (non-hydrogen) atoms. The van der Waals surface area contributed by atoms with Gasteiger partial charge in [-0.2, -0.15) is 0 Å². The van der Waals surface area contributed by atoms with Gasteiger partial charge >= 0.3 is 0 Å². The number of nitrogens with one attached hydrogen (secondary N) is 1. The monoisotopic (exact) mass is 333 g/mol. The van der Waals surface area contributed by atoms with E-state index in [9.17, 15) is 0 Å². The minimum absolute atomic E-state index is 0.527. The van der Waals surface area contributed by atoms with Gasteiger partial charge in [-0.1, -0.05) is 31.9 Å². The molecule has 0 spiro atoms. The average Bonchev–Trinajstić information content (AvgIpc) is 2.91. The lowest BCUT2D eigenvalue weighted by Gasteiger charge is -2.32. The van der Waals surface area contributed by atoms with Crippen molar-refractivity contribution in [3.63, 3.8) is 0 Å². The molecular formula is C17H23N3S2. The topological polar surface area (TPSA) is 28.2 Å². The Bertz CT molecular complexity index is 619. The van der Waals surface area contributed by atoms with Gasteiger partial charge < -0.3 is 10.2 Å². The van der Waals surface area contributed by atoms with E-state index in [4.69, 9.17) is 12.2 Å². The second-order valence-electron chi connectivity index (χ2n) is 6.25. The number of benzene rings is 1. The first-order valence-corrected chi connectivity index (χ1v) is 9.22. The van der Waals surface area contributed by atoms with Crippen molar-refractivity contribution < 1.29 is 0 Å². The minimum Gasteiger partial charge on any atom is -0.360 e. The van der Waals surface area contributed by atoms with Crippen LogP contribution in [0.3, 0.4) is 0 Å². The lowest BCUT2D eigenvalue weighted by molar-refractivity contribution is 0.300. The maximum absolute atomic E-state index is 5.58. The number of fused-ring (bicyclic) bond motifs is 1. The van der Waals surface area contributed by atoms with E-state index >= 15 is 0 Å². The minimum atomic E-state index is 0.527. The van der Waals surface area contributed by atoms with Gasteiger partial charge in [0, 0.05) is 13.1 Å². The summed E-state index contributed by atoms with van der Waals surface area (Å²) in [6, 6.07) is 8.81. The van der Waals surface area contributed by atoms with Crippen LogP contribution in [-0.4, -0.2) is 28.1 Å². The first-order chi connectivity index (χ1) is 10.6. The Morgan fingerprint density at radius 2 is 2.14 bits per heavy atom. The van der Waals surface area contributed by atoms with E-state index in [1.165, 1.54) is 30.4 Å². The Hall–Kier alpha value is -1.20. The molecule has 1 aliphatic carbocycles. The Kier molecular flexibility index (Phi) is 4.93. The van der Waals surface area contributed by atoms with Gasteiger partial charge in [-0.05, 0) is 43.1 Å². The lowest BCUT2D eigenvalue weighted by Crippen LogP contribution is -2.46. The van der Waals surface area contributed by atoms with E-state index < -0.39 is 0 Å². The van der Waals surface area contributed by atoms with Crippen LogP contribution in [0.2, 0.25) is 0 Å². The van der Waals surface area contributed by atoms with Crippen molar-refractivity contribution in [2.75, 3.05) is 7.05 Å². The van der Waals surface area contributed by atoms with Crippen LogP contribution in [0.15, 0.2) is 24.3 Å². The van der Waals surface area contributed by atoms with Crippen LogP contribution < -0.4 is 5.32 Å². The summed E-state index contributed by atoms with van der Waals surface area (Å²) in [5.41, 5.74) is 1.08. The van der Waals surface area contributed by atoms with Crippen molar-refractivity contribution in [3.05, 3.63) is 29.3 Å². The molecule has 0 saturated heterocycles. The largest absolute Gasteiger partial charge is 0.360 e. The van der Waals surface area contributed by atoms with E-state index in [0.29, 0.717) is 12.0 Å². The molecule has 3 rings (SSSR count). The standard InChI is InChI=1S/C17H23N3S2/c1-12-7-3-4-8-13(12)19-17(21)20(2)11-16-18-14-9-5-6-10-15(14)22-16/h5-6,9-10,12-13H,3-4,7-8,11H2,1-2H3,(H,19,21)/t12-,13+/m0/s1. The van der Waals surface area contributed by atoms with Crippen LogP contribution in [0.4, 0.5) is 0 Å². The van der Waals surface area contributed by atoms with E-state index in [2.05, 4.69) is 47.4 Å². The first kappa shape index (κ1) is 15.7.